The van der Waals surface area contributed by atoms with Crippen molar-refractivity contribution in [1.82, 2.24) is 14.8 Å². The number of carbonyl (C=O) groups excluding carboxylic acids is 2. The van der Waals surface area contributed by atoms with Gasteiger partial charge >= 0.3 is 6.03 Å². The van der Waals surface area contributed by atoms with E-state index in [4.69, 9.17) is 11.6 Å². The largest absolute Gasteiger partial charge is 0.330 e. The Bertz CT molecular complexity index is 1010. The molecule has 1 spiro atoms. The van der Waals surface area contributed by atoms with E-state index in [-0.39, 0.29) is 17.4 Å². The fraction of sp³-hybridized carbons (Fsp3) is 0.381. The molecule has 150 valence electrons. The zero-order chi connectivity index (χ0) is 20.2. The van der Waals surface area contributed by atoms with Crippen LogP contribution in [0.25, 0.3) is 0 Å². The van der Waals surface area contributed by atoms with Crippen molar-refractivity contribution in [2.24, 2.45) is 5.41 Å². The molecule has 29 heavy (non-hydrogen) atoms. The quantitative estimate of drug-likeness (QED) is 0.719. The van der Waals surface area contributed by atoms with Crippen LogP contribution in [0.4, 0.5) is 22.0 Å². The maximum absolute atomic E-state index is 13.7. The van der Waals surface area contributed by atoms with Crippen molar-refractivity contribution >= 4 is 40.7 Å². The highest BCUT2D eigenvalue weighted by atomic mass is 35.5. The zero-order valence-corrected chi connectivity index (χ0v) is 16.9. The summed E-state index contributed by atoms with van der Waals surface area (Å²) >= 11 is 6.24. The van der Waals surface area contributed by atoms with Crippen LogP contribution in [0.15, 0.2) is 36.5 Å². The zero-order valence-electron chi connectivity index (χ0n) is 16.2. The van der Waals surface area contributed by atoms with Crippen molar-refractivity contribution in [3.05, 3.63) is 47.1 Å². The molecule has 1 atom stereocenters. The lowest BCUT2D eigenvalue weighted by Crippen LogP contribution is -2.41. The summed E-state index contributed by atoms with van der Waals surface area (Å²) in [5.41, 5.74) is 1.53. The maximum atomic E-state index is 13.7. The second kappa shape index (κ2) is 6.71. The lowest BCUT2D eigenvalue weighted by molar-refractivity contribution is 0.102. The topological polar surface area (TPSA) is 68.8 Å². The first-order valence-corrected chi connectivity index (χ1v) is 10.2. The van der Waals surface area contributed by atoms with Crippen molar-refractivity contribution in [3.63, 3.8) is 0 Å². The smallest absolute Gasteiger partial charge is 0.323 e. The van der Waals surface area contributed by atoms with E-state index in [1.807, 2.05) is 4.90 Å². The van der Waals surface area contributed by atoms with E-state index < -0.39 is 0 Å². The minimum atomic E-state index is -0.281. The summed E-state index contributed by atoms with van der Waals surface area (Å²) in [6.07, 6.45) is 3.72. The van der Waals surface area contributed by atoms with Gasteiger partial charge in [-0.3, -0.25) is 4.79 Å². The van der Waals surface area contributed by atoms with Gasteiger partial charge in [0.25, 0.3) is 5.91 Å². The number of fused-ring (bicyclic) bond motifs is 2. The summed E-state index contributed by atoms with van der Waals surface area (Å²) in [6.45, 7) is 3.48. The van der Waals surface area contributed by atoms with Crippen molar-refractivity contribution < 1.29 is 9.59 Å². The summed E-state index contributed by atoms with van der Waals surface area (Å²) < 4.78 is 0. The molecular formula is C21H22ClN5O2. The monoisotopic (exact) mass is 411 g/mol. The van der Waals surface area contributed by atoms with Gasteiger partial charge in [0.1, 0.15) is 0 Å². The molecule has 8 heteroatoms. The van der Waals surface area contributed by atoms with Gasteiger partial charge < -0.3 is 15.1 Å². The normalized spacial score (nSPS) is 23.7. The summed E-state index contributed by atoms with van der Waals surface area (Å²) in [5, 5.41) is 3.33. The Balaban J connectivity index is 1.57. The molecule has 7 nitrogen and oxygen atoms in total. The Labute approximate surface area is 174 Å². The molecule has 3 amide bonds. The van der Waals surface area contributed by atoms with E-state index >= 15 is 0 Å². The molecule has 1 unspecified atom stereocenters. The molecule has 1 aromatic carbocycles. The van der Waals surface area contributed by atoms with Crippen LogP contribution in [0, 0.1) is 5.41 Å². The molecule has 2 aromatic rings. The third-order valence-electron chi connectivity index (χ3n) is 6.22. The number of nitrogens with one attached hydrogen (secondary N) is 1. The molecule has 3 aliphatic heterocycles. The highest BCUT2D eigenvalue weighted by Gasteiger charge is 2.45. The maximum Gasteiger partial charge on any atom is 0.330 e. The molecule has 4 heterocycles. The van der Waals surface area contributed by atoms with Gasteiger partial charge in [0.05, 0.1) is 16.9 Å². The first kappa shape index (κ1) is 18.4. The van der Waals surface area contributed by atoms with Gasteiger partial charge in [-0.15, -0.1) is 0 Å². The standard InChI is InChI=1S/C21H22ClN5O2/c1-25-9-6-21(12-25)7-10-26(13-21)20(29)27-17-11-14(22)4-5-15(17)19(28)24-16-3-2-8-23-18(16)27/h2-5,8,11H,6-7,9-10,12-13H2,1H3,(H,24,28). The number of pyridine rings is 1. The number of benzene rings is 1. The predicted octanol–water partition coefficient (Wildman–Crippen LogP) is 3.59. The lowest BCUT2D eigenvalue weighted by atomic mass is 9.86. The van der Waals surface area contributed by atoms with Gasteiger partial charge in [-0.05, 0) is 56.8 Å². The minimum absolute atomic E-state index is 0.161. The van der Waals surface area contributed by atoms with Crippen LogP contribution >= 0.6 is 11.6 Å². The van der Waals surface area contributed by atoms with Crippen LogP contribution < -0.4 is 10.2 Å². The predicted molar refractivity (Wildman–Crippen MR) is 112 cm³/mol. The first-order chi connectivity index (χ1) is 14.0. The number of anilines is 3. The molecule has 0 bridgehead atoms. The number of halogens is 1. The van der Waals surface area contributed by atoms with Gasteiger partial charge in [-0.1, -0.05) is 11.6 Å². The van der Waals surface area contributed by atoms with E-state index in [9.17, 15) is 9.59 Å². The van der Waals surface area contributed by atoms with Gasteiger partial charge in [-0.2, -0.15) is 0 Å². The number of urea groups is 1. The molecule has 2 saturated heterocycles. The number of rotatable bonds is 0. The molecule has 5 rings (SSSR count). The SMILES string of the molecule is CN1CCC2(CCN(C(=O)N3c4cc(Cl)ccc4C(=O)Nc4cccnc43)C2)C1. The van der Waals surface area contributed by atoms with E-state index in [1.165, 1.54) is 4.90 Å². The van der Waals surface area contributed by atoms with Crippen LogP contribution in [0.5, 0.6) is 0 Å². The third kappa shape index (κ3) is 3.05. The summed E-state index contributed by atoms with van der Waals surface area (Å²) in [4.78, 5) is 36.7. The Morgan fingerprint density at radius 1 is 1.21 bits per heavy atom. The molecule has 0 saturated carbocycles. The highest BCUT2D eigenvalue weighted by molar-refractivity contribution is 6.31. The number of carbonyl (C=O) groups is 2. The molecule has 2 fully saturated rings. The van der Waals surface area contributed by atoms with Crippen LogP contribution in [0.3, 0.4) is 0 Å². The van der Waals surface area contributed by atoms with Crippen LogP contribution in [0.1, 0.15) is 23.2 Å². The number of likely N-dealkylation sites (tertiary alicyclic amines) is 2. The second-order valence-corrected chi connectivity index (χ2v) is 8.70. The molecular weight excluding hydrogens is 390 g/mol. The van der Waals surface area contributed by atoms with Gasteiger partial charge in [-0.25, -0.2) is 14.7 Å². The Hall–Kier alpha value is -2.64. The summed E-state index contributed by atoms with van der Waals surface area (Å²) in [5.74, 6) is 0.132. The summed E-state index contributed by atoms with van der Waals surface area (Å²) in [6, 6.07) is 8.29. The van der Waals surface area contributed by atoms with E-state index in [1.54, 1.807) is 36.5 Å². The van der Waals surface area contributed by atoms with Gasteiger partial charge in [0, 0.05) is 36.3 Å². The molecule has 1 N–H and O–H groups in total. The van der Waals surface area contributed by atoms with E-state index in [2.05, 4.69) is 22.2 Å². The Morgan fingerprint density at radius 2 is 2.03 bits per heavy atom. The van der Waals surface area contributed by atoms with Crippen molar-refractivity contribution in [2.75, 3.05) is 43.4 Å². The number of hydrogen-bond donors (Lipinski definition) is 1. The summed E-state index contributed by atoms with van der Waals surface area (Å²) in [7, 11) is 2.13. The van der Waals surface area contributed by atoms with Gasteiger partial charge in [0.2, 0.25) is 0 Å². The van der Waals surface area contributed by atoms with E-state index in [0.29, 0.717) is 40.9 Å². The van der Waals surface area contributed by atoms with Crippen molar-refractivity contribution in [2.45, 2.75) is 12.8 Å². The average Bonchev–Trinajstić information content (AvgIpc) is 3.25. The highest BCUT2D eigenvalue weighted by Crippen LogP contribution is 2.42. The van der Waals surface area contributed by atoms with Crippen LogP contribution in [0.2, 0.25) is 5.02 Å². The molecule has 1 aromatic heterocycles. The van der Waals surface area contributed by atoms with Crippen molar-refractivity contribution in [3.8, 4) is 0 Å². The Kier molecular flexibility index (Phi) is 4.26. The fourth-order valence-corrected chi connectivity index (χ4v) is 4.95. The van der Waals surface area contributed by atoms with Crippen LogP contribution in [-0.4, -0.2) is 59.9 Å². The third-order valence-corrected chi connectivity index (χ3v) is 6.46. The number of aromatic nitrogens is 1. The second-order valence-electron chi connectivity index (χ2n) is 8.27. The number of hydrogen-bond acceptors (Lipinski definition) is 4. The molecule has 0 aliphatic carbocycles. The number of amides is 3. The first-order valence-electron chi connectivity index (χ1n) is 9.79. The average molecular weight is 412 g/mol. The fourth-order valence-electron chi connectivity index (χ4n) is 4.78. The van der Waals surface area contributed by atoms with Gasteiger partial charge in [0.15, 0.2) is 5.82 Å². The van der Waals surface area contributed by atoms with Crippen LogP contribution in [-0.2, 0) is 0 Å². The Morgan fingerprint density at radius 3 is 2.83 bits per heavy atom. The lowest BCUT2D eigenvalue weighted by Gasteiger charge is -2.29. The van der Waals surface area contributed by atoms with E-state index in [0.717, 1.165) is 25.9 Å². The molecule has 0 radical (unpaired) electrons. The number of nitrogens with zero attached hydrogens (tertiary/aromatic N) is 4. The van der Waals surface area contributed by atoms with Crippen molar-refractivity contribution in [1.29, 1.82) is 0 Å². The minimum Gasteiger partial charge on any atom is -0.323 e. The molecule has 3 aliphatic rings.